The molecule has 1 saturated carbocycles. The fourth-order valence-electron chi connectivity index (χ4n) is 2.78. The molecule has 2 aromatic carbocycles. The molecular formula is C20H24ClN3O2. The number of carbonyl (C=O) groups is 2. The lowest BCUT2D eigenvalue weighted by atomic mass is 10.1. The normalized spacial score (nSPS) is 19.0. The van der Waals surface area contributed by atoms with Crippen molar-refractivity contribution in [2.45, 2.75) is 19.4 Å². The van der Waals surface area contributed by atoms with Gasteiger partial charge in [-0.3, -0.25) is 9.59 Å². The molecule has 6 heteroatoms. The molecule has 3 unspecified atom stereocenters. The van der Waals surface area contributed by atoms with Gasteiger partial charge in [-0.15, -0.1) is 12.4 Å². The Morgan fingerprint density at radius 1 is 1.15 bits per heavy atom. The molecule has 1 fully saturated rings. The van der Waals surface area contributed by atoms with Crippen LogP contribution in [0, 0.1) is 11.8 Å². The summed E-state index contributed by atoms with van der Waals surface area (Å²) >= 11 is 0. The molecule has 0 bridgehead atoms. The molecule has 2 amide bonds. The lowest BCUT2D eigenvalue weighted by molar-refractivity contribution is -0.117. The van der Waals surface area contributed by atoms with Gasteiger partial charge in [-0.2, -0.15) is 0 Å². The maximum atomic E-state index is 12.3. The minimum Gasteiger partial charge on any atom is -0.350 e. The zero-order chi connectivity index (χ0) is 17.8. The maximum Gasteiger partial charge on any atom is 0.251 e. The van der Waals surface area contributed by atoms with Crippen molar-refractivity contribution in [1.82, 2.24) is 5.32 Å². The molecular weight excluding hydrogens is 350 g/mol. The molecule has 1 aliphatic rings. The number of benzene rings is 2. The Bertz CT molecular complexity index is 767. The van der Waals surface area contributed by atoms with Gasteiger partial charge in [0.15, 0.2) is 0 Å². The quantitative estimate of drug-likeness (QED) is 0.727. The Morgan fingerprint density at radius 2 is 1.85 bits per heavy atom. The van der Waals surface area contributed by atoms with Crippen molar-refractivity contribution in [3.8, 4) is 0 Å². The molecule has 1 aliphatic carbocycles. The zero-order valence-electron chi connectivity index (χ0n) is 14.6. The second-order valence-corrected chi connectivity index (χ2v) is 6.62. The number of carbonyl (C=O) groups excluding carboxylic acids is 2. The first-order valence-corrected chi connectivity index (χ1v) is 8.54. The highest BCUT2D eigenvalue weighted by Gasteiger charge is 2.39. The monoisotopic (exact) mass is 373 g/mol. The molecule has 0 heterocycles. The molecule has 0 aromatic heterocycles. The van der Waals surface area contributed by atoms with E-state index in [4.69, 9.17) is 5.73 Å². The van der Waals surface area contributed by atoms with Crippen molar-refractivity contribution in [3.05, 3.63) is 65.7 Å². The highest BCUT2D eigenvalue weighted by atomic mass is 35.5. The number of nitrogens with one attached hydrogen (secondary N) is 2. The van der Waals surface area contributed by atoms with Crippen LogP contribution in [0.3, 0.4) is 0 Å². The van der Waals surface area contributed by atoms with E-state index >= 15 is 0 Å². The molecule has 0 saturated heterocycles. The van der Waals surface area contributed by atoms with Crippen molar-refractivity contribution in [2.75, 3.05) is 11.9 Å². The summed E-state index contributed by atoms with van der Waals surface area (Å²) in [7, 11) is 0. The van der Waals surface area contributed by atoms with Crippen LogP contribution in [-0.2, 0) is 4.79 Å². The summed E-state index contributed by atoms with van der Waals surface area (Å²) < 4.78 is 0. The molecule has 3 atom stereocenters. The van der Waals surface area contributed by atoms with Crippen LogP contribution >= 0.6 is 12.4 Å². The average molecular weight is 374 g/mol. The fourth-order valence-corrected chi connectivity index (χ4v) is 2.78. The Labute approximate surface area is 159 Å². The summed E-state index contributed by atoms with van der Waals surface area (Å²) in [4.78, 5) is 24.3. The van der Waals surface area contributed by atoms with E-state index in [-0.39, 0.29) is 36.2 Å². The van der Waals surface area contributed by atoms with Gasteiger partial charge in [0.2, 0.25) is 5.91 Å². The predicted octanol–water partition coefficient (Wildman–Crippen LogP) is 3.13. The Kier molecular flexibility index (Phi) is 6.77. The van der Waals surface area contributed by atoms with E-state index in [1.807, 2.05) is 30.3 Å². The maximum absolute atomic E-state index is 12.3. The van der Waals surface area contributed by atoms with E-state index in [9.17, 15) is 9.59 Å². The van der Waals surface area contributed by atoms with Crippen LogP contribution in [0.5, 0.6) is 0 Å². The standard InChI is InChI=1S/C20H23N3O2.ClH/c1-13-10-17(13)20(25)23-16-9-5-8-15(11-16)19(24)22-12-18(21)14-6-3-2-4-7-14;/h2-9,11,13,17-18H,10,12,21H2,1H3,(H,22,24)(H,23,25);1H. The smallest absolute Gasteiger partial charge is 0.251 e. The van der Waals surface area contributed by atoms with Crippen LogP contribution in [0.2, 0.25) is 0 Å². The van der Waals surface area contributed by atoms with E-state index in [1.54, 1.807) is 24.3 Å². The third-order valence-electron chi connectivity index (χ3n) is 4.55. The SMILES string of the molecule is CC1CC1C(=O)Nc1cccc(C(=O)NCC(N)c2ccccc2)c1.Cl. The van der Waals surface area contributed by atoms with Gasteiger partial charge in [0.05, 0.1) is 0 Å². The Balaban J connectivity index is 0.00000243. The van der Waals surface area contributed by atoms with Crippen LogP contribution < -0.4 is 16.4 Å². The average Bonchev–Trinajstić information content (AvgIpc) is 3.37. The summed E-state index contributed by atoms with van der Waals surface area (Å²) in [5.74, 6) is 0.366. The van der Waals surface area contributed by atoms with Crippen LogP contribution in [0.15, 0.2) is 54.6 Å². The summed E-state index contributed by atoms with van der Waals surface area (Å²) in [6.45, 7) is 2.41. The molecule has 4 N–H and O–H groups in total. The van der Waals surface area contributed by atoms with Crippen LogP contribution in [0.25, 0.3) is 0 Å². The molecule has 3 rings (SSSR count). The first-order valence-electron chi connectivity index (χ1n) is 8.54. The summed E-state index contributed by atoms with van der Waals surface area (Å²) in [5, 5.41) is 5.72. The van der Waals surface area contributed by atoms with Gasteiger partial charge in [-0.05, 0) is 36.1 Å². The van der Waals surface area contributed by atoms with E-state index in [0.29, 0.717) is 23.7 Å². The first-order chi connectivity index (χ1) is 12.0. The minimum absolute atomic E-state index is 0. The van der Waals surface area contributed by atoms with E-state index in [0.717, 1.165) is 12.0 Å². The van der Waals surface area contributed by atoms with Gasteiger partial charge in [-0.1, -0.05) is 43.3 Å². The molecule has 26 heavy (non-hydrogen) atoms. The van der Waals surface area contributed by atoms with E-state index < -0.39 is 0 Å². The lowest BCUT2D eigenvalue weighted by Crippen LogP contribution is -2.31. The molecule has 5 nitrogen and oxygen atoms in total. The van der Waals surface area contributed by atoms with Crippen molar-refractivity contribution in [2.24, 2.45) is 17.6 Å². The summed E-state index contributed by atoms with van der Waals surface area (Å²) in [6, 6.07) is 16.3. The highest BCUT2D eigenvalue weighted by molar-refractivity contribution is 5.98. The molecule has 2 aromatic rings. The van der Waals surface area contributed by atoms with Gasteiger partial charge in [0, 0.05) is 29.8 Å². The van der Waals surface area contributed by atoms with Gasteiger partial charge < -0.3 is 16.4 Å². The largest absolute Gasteiger partial charge is 0.350 e. The van der Waals surface area contributed by atoms with Crippen LogP contribution in [0.4, 0.5) is 5.69 Å². The molecule has 0 radical (unpaired) electrons. The lowest BCUT2D eigenvalue weighted by Gasteiger charge is -2.13. The number of rotatable bonds is 6. The summed E-state index contributed by atoms with van der Waals surface area (Å²) in [5.41, 5.74) is 8.22. The minimum atomic E-state index is -0.260. The first kappa shape index (κ1) is 19.9. The van der Waals surface area contributed by atoms with Gasteiger partial charge in [0.1, 0.15) is 0 Å². The van der Waals surface area contributed by atoms with E-state index in [2.05, 4.69) is 17.6 Å². The summed E-state index contributed by atoms with van der Waals surface area (Å²) in [6.07, 6.45) is 0.934. The molecule has 0 spiro atoms. The van der Waals surface area contributed by atoms with Gasteiger partial charge in [-0.25, -0.2) is 0 Å². The number of nitrogens with two attached hydrogens (primary N) is 1. The van der Waals surface area contributed by atoms with Crippen LogP contribution in [-0.4, -0.2) is 18.4 Å². The van der Waals surface area contributed by atoms with Gasteiger partial charge in [0.25, 0.3) is 5.91 Å². The Morgan fingerprint density at radius 3 is 2.50 bits per heavy atom. The van der Waals surface area contributed by atoms with Crippen LogP contribution in [0.1, 0.15) is 35.3 Å². The van der Waals surface area contributed by atoms with Crippen molar-refractivity contribution >= 4 is 29.9 Å². The van der Waals surface area contributed by atoms with Crippen molar-refractivity contribution in [3.63, 3.8) is 0 Å². The number of hydrogen-bond acceptors (Lipinski definition) is 3. The second kappa shape index (κ2) is 8.83. The number of anilines is 1. The molecule has 0 aliphatic heterocycles. The fraction of sp³-hybridized carbons (Fsp3) is 0.300. The molecule has 138 valence electrons. The second-order valence-electron chi connectivity index (χ2n) is 6.62. The number of amides is 2. The number of hydrogen-bond donors (Lipinski definition) is 3. The van der Waals surface area contributed by atoms with Crippen molar-refractivity contribution in [1.29, 1.82) is 0 Å². The Hall–Kier alpha value is -2.37. The van der Waals surface area contributed by atoms with E-state index in [1.165, 1.54) is 0 Å². The third-order valence-corrected chi connectivity index (χ3v) is 4.55. The zero-order valence-corrected chi connectivity index (χ0v) is 15.5. The number of halogens is 1. The van der Waals surface area contributed by atoms with Crippen molar-refractivity contribution < 1.29 is 9.59 Å². The van der Waals surface area contributed by atoms with Gasteiger partial charge >= 0.3 is 0 Å². The third kappa shape index (κ3) is 5.07. The topological polar surface area (TPSA) is 84.2 Å². The highest BCUT2D eigenvalue weighted by Crippen LogP contribution is 2.38. The predicted molar refractivity (Wildman–Crippen MR) is 105 cm³/mol.